The zero-order valence-corrected chi connectivity index (χ0v) is 17.9. The van der Waals surface area contributed by atoms with Gasteiger partial charge in [-0.2, -0.15) is 0 Å². The van der Waals surface area contributed by atoms with Crippen LogP contribution in [0.2, 0.25) is 5.02 Å². The van der Waals surface area contributed by atoms with Crippen molar-refractivity contribution in [3.8, 4) is 0 Å². The maximum absolute atomic E-state index is 13.3. The summed E-state index contributed by atoms with van der Waals surface area (Å²) in [5.74, 6) is -0.0888. The van der Waals surface area contributed by atoms with Crippen LogP contribution < -0.4 is 10.6 Å². The van der Waals surface area contributed by atoms with E-state index in [2.05, 4.69) is 15.9 Å². The van der Waals surface area contributed by atoms with Crippen LogP contribution in [0.1, 0.15) is 10.4 Å². The van der Waals surface area contributed by atoms with Crippen LogP contribution in [-0.4, -0.2) is 5.78 Å². The number of benzene rings is 4. The fourth-order valence-electron chi connectivity index (χ4n) is 4.22. The third-order valence-corrected chi connectivity index (χ3v) is 7.66. The number of hydrogen-bond donors (Lipinski definition) is 0. The van der Waals surface area contributed by atoms with Gasteiger partial charge in [0.25, 0.3) is 0 Å². The van der Waals surface area contributed by atoms with Crippen LogP contribution in [0.3, 0.4) is 0 Å². The lowest BCUT2D eigenvalue weighted by atomic mass is 10.0. The van der Waals surface area contributed by atoms with E-state index < -0.39 is 0 Å². The van der Waals surface area contributed by atoms with Crippen molar-refractivity contribution in [1.29, 1.82) is 0 Å². The summed E-state index contributed by atoms with van der Waals surface area (Å²) in [4.78, 5) is 28.0. The average Bonchev–Trinajstić information content (AvgIpc) is 3.18. The molecule has 0 aromatic heterocycles. The van der Waals surface area contributed by atoms with Gasteiger partial charge in [0.05, 0.1) is 4.91 Å². The number of rotatable bonds is 0. The molecule has 1 aliphatic heterocycles. The maximum atomic E-state index is 13.3. The Morgan fingerprint density at radius 2 is 1.55 bits per heavy atom. The minimum atomic E-state index is -0.118. The topological polar surface area (TPSA) is 34.1 Å². The summed E-state index contributed by atoms with van der Waals surface area (Å²) >= 11 is 11.4. The molecule has 5 aromatic carbocycles. The molecular weight excluding hydrogens is 468 g/mol. The summed E-state index contributed by atoms with van der Waals surface area (Å²) in [5, 5.41) is 6.16. The first-order valence-electron chi connectivity index (χ1n) is 9.00. The van der Waals surface area contributed by atoms with Gasteiger partial charge in [0.2, 0.25) is 5.78 Å². The van der Waals surface area contributed by atoms with Gasteiger partial charge >= 0.3 is 0 Å². The molecule has 0 spiro atoms. The average molecular weight is 478 g/mol. The van der Waals surface area contributed by atoms with Gasteiger partial charge in [-0.05, 0) is 46.5 Å². The number of Topliss-reactive ketones (excluding diaryl/α,β-unsaturated/α-hetero) is 1. The molecule has 0 unspecified atom stereocenters. The zero-order chi connectivity index (χ0) is 19.9. The van der Waals surface area contributed by atoms with Crippen molar-refractivity contribution in [3.63, 3.8) is 0 Å². The fourth-order valence-corrected chi connectivity index (χ4v) is 6.31. The Kier molecular flexibility index (Phi) is 3.64. The highest BCUT2D eigenvalue weighted by atomic mass is 79.9. The van der Waals surface area contributed by atoms with E-state index >= 15 is 0 Å². The Balaban J connectivity index is 1.75. The summed E-state index contributed by atoms with van der Waals surface area (Å²) in [7, 11) is 0. The van der Waals surface area contributed by atoms with Gasteiger partial charge in [-0.3, -0.25) is 9.59 Å². The number of carbonyl (C=O) groups is 1. The molecule has 1 aliphatic rings. The summed E-state index contributed by atoms with van der Waals surface area (Å²) in [6.07, 6.45) is 0. The zero-order valence-electron chi connectivity index (χ0n) is 14.8. The fraction of sp³-hybridized carbons (Fsp3) is 0. The van der Waals surface area contributed by atoms with E-state index in [1.807, 2.05) is 48.5 Å². The highest BCUT2D eigenvalue weighted by Gasteiger charge is 2.29. The summed E-state index contributed by atoms with van der Waals surface area (Å²) in [6, 6.07) is 19.2. The third kappa shape index (κ3) is 2.31. The molecule has 0 amide bonds. The van der Waals surface area contributed by atoms with Crippen molar-refractivity contribution in [1.82, 2.24) is 0 Å². The molecule has 138 valence electrons. The second-order valence-corrected chi connectivity index (χ2v) is 9.41. The molecule has 0 bridgehead atoms. The SMILES string of the molecule is O=C1/C(=c2\c(=O)c3ccc(Cl)c4c(Br)ccc2c43)Sc2cc3ccccc3cc21. The Hall–Kier alpha value is -2.40. The molecule has 0 N–H and O–H groups in total. The number of carbonyl (C=O) groups excluding carboxylic acids is 1. The summed E-state index contributed by atoms with van der Waals surface area (Å²) in [5.41, 5.74) is 0.541. The molecule has 0 radical (unpaired) electrons. The van der Waals surface area contributed by atoms with Crippen LogP contribution in [-0.2, 0) is 0 Å². The van der Waals surface area contributed by atoms with E-state index in [4.69, 9.17) is 11.6 Å². The van der Waals surface area contributed by atoms with Gasteiger partial charge in [-0.25, -0.2) is 0 Å². The predicted molar refractivity (Wildman–Crippen MR) is 124 cm³/mol. The van der Waals surface area contributed by atoms with Crippen LogP contribution in [0.25, 0.3) is 37.2 Å². The number of halogens is 2. The molecule has 1 heterocycles. The number of ketones is 1. The second kappa shape index (κ2) is 6.05. The molecule has 0 fully saturated rings. The van der Waals surface area contributed by atoms with E-state index in [9.17, 15) is 9.59 Å². The first-order valence-corrected chi connectivity index (χ1v) is 11.0. The van der Waals surface area contributed by atoms with Crippen molar-refractivity contribution in [3.05, 3.63) is 91.2 Å². The molecule has 2 nitrogen and oxygen atoms in total. The van der Waals surface area contributed by atoms with E-state index in [-0.39, 0.29) is 11.2 Å². The first-order chi connectivity index (χ1) is 14.0. The minimum absolute atomic E-state index is 0.0888. The lowest BCUT2D eigenvalue weighted by molar-refractivity contribution is 0.105. The molecular formula is C24H10BrClO2S. The van der Waals surface area contributed by atoms with E-state index in [1.165, 1.54) is 11.8 Å². The van der Waals surface area contributed by atoms with Gasteiger partial charge in [0.1, 0.15) is 0 Å². The van der Waals surface area contributed by atoms with Gasteiger partial charge in [-0.1, -0.05) is 69.6 Å². The Labute approximate surface area is 182 Å². The quantitative estimate of drug-likeness (QED) is 0.267. The molecule has 5 heteroatoms. The molecule has 0 saturated carbocycles. The monoisotopic (exact) mass is 476 g/mol. The molecule has 5 aromatic rings. The first kappa shape index (κ1) is 17.5. The van der Waals surface area contributed by atoms with Crippen LogP contribution >= 0.6 is 39.3 Å². The standard InChI is InChI=1S/C24H10BrClO2S/c25-16-7-5-13-19-14(6-8-17(26)21(16)19)22(27)20(13)24-23(28)15-9-11-3-1-2-4-12(11)10-18(15)29-24/h1-10H/b24-20+. The number of thioether (sulfide) groups is 1. The molecule has 6 rings (SSSR count). The lowest BCUT2D eigenvalue weighted by Gasteiger charge is -2.03. The van der Waals surface area contributed by atoms with Gasteiger partial charge in [0.15, 0.2) is 5.43 Å². The molecule has 0 aliphatic carbocycles. The highest BCUT2D eigenvalue weighted by molar-refractivity contribution is 9.10. The van der Waals surface area contributed by atoms with Gasteiger partial charge in [0, 0.05) is 41.3 Å². The van der Waals surface area contributed by atoms with Crippen molar-refractivity contribution >= 4 is 82.3 Å². The van der Waals surface area contributed by atoms with Crippen molar-refractivity contribution in [2.24, 2.45) is 0 Å². The second-order valence-electron chi connectivity index (χ2n) is 7.10. The van der Waals surface area contributed by atoms with Gasteiger partial charge < -0.3 is 0 Å². The predicted octanol–water partition coefficient (Wildman–Crippen LogP) is 6.18. The van der Waals surface area contributed by atoms with Crippen LogP contribution in [0, 0.1) is 0 Å². The molecule has 0 saturated heterocycles. The third-order valence-electron chi connectivity index (χ3n) is 5.54. The Morgan fingerprint density at radius 3 is 2.34 bits per heavy atom. The van der Waals surface area contributed by atoms with E-state index in [0.29, 0.717) is 26.1 Å². The van der Waals surface area contributed by atoms with E-state index in [0.717, 1.165) is 36.3 Å². The minimum Gasteiger partial charge on any atom is -0.289 e. The molecule has 29 heavy (non-hydrogen) atoms. The maximum Gasteiger partial charge on any atom is 0.201 e. The van der Waals surface area contributed by atoms with Crippen molar-refractivity contribution in [2.45, 2.75) is 4.90 Å². The lowest BCUT2D eigenvalue weighted by Crippen LogP contribution is -2.23. The molecule has 0 atom stereocenters. The van der Waals surface area contributed by atoms with Crippen molar-refractivity contribution in [2.75, 3.05) is 0 Å². The summed E-state index contributed by atoms with van der Waals surface area (Å²) in [6.45, 7) is 0. The normalized spacial score (nSPS) is 15.7. The van der Waals surface area contributed by atoms with Gasteiger partial charge in [-0.15, -0.1) is 0 Å². The van der Waals surface area contributed by atoms with Crippen molar-refractivity contribution < 1.29 is 4.79 Å². The highest BCUT2D eigenvalue weighted by Crippen LogP contribution is 2.43. The Bertz CT molecular complexity index is 1630. The summed E-state index contributed by atoms with van der Waals surface area (Å²) < 4.78 is 0.835. The smallest absolute Gasteiger partial charge is 0.201 e. The van der Waals surface area contributed by atoms with Crippen LogP contribution in [0.4, 0.5) is 0 Å². The van der Waals surface area contributed by atoms with Crippen LogP contribution in [0.15, 0.2) is 74.8 Å². The number of fused-ring (bicyclic) bond motifs is 2. The Morgan fingerprint density at radius 1 is 0.828 bits per heavy atom. The number of hydrogen-bond acceptors (Lipinski definition) is 3. The largest absolute Gasteiger partial charge is 0.289 e. The van der Waals surface area contributed by atoms with Crippen LogP contribution in [0.5, 0.6) is 0 Å². The van der Waals surface area contributed by atoms with E-state index in [1.54, 1.807) is 12.1 Å².